The van der Waals surface area contributed by atoms with Gasteiger partial charge in [-0.05, 0) is 66.8 Å². The zero-order valence-electron chi connectivity index (χ0n) is 22.4. The maximum absolute atomic E-state index is 13.5. The van der Waals surface area contributed by atoms with Crippen LogP contribution >= 0.6 is 0 Å². The van der Waals surface area contributed by atoms with E-state index in [2.05, 4.69) is 78.4 Å². The van der Waals surface area contributed by atoms with Crippen molar-refractivity contribution in [2.24, 2.45) is 0 Å². The van der Waals surface area contributed by atoms with Gasteiger partial charge in [0.15, 0.2) is 0 Å². The van der Waals surface area contributed by atoms with E-state index < -0.39 is 0 Å². The zero-order valence-corrected chi connectivity index (χ0v) is 22.4. The van der Waals surface area contributed by atoms with Crippen LogP contribution in [0.1, 0.15) is 47.4 Å². The monoisotopic (exact) mass is 514 g/mol. The average molecular weight is 515 g/mol. The number of likely N-dealkylation sites (tertiary alicyclic amines) is 1. The van der Waals surface area contributed by atoms with Crippen molar-refractivity contribution in [1.29, 1.82) is 0 Å². The molecule has 0 N–H and O–H groups in total. The summed E-state index contributed by atoms with van der Waals surface area (Å²) in [5, 5.41) is 1.19. The lowest BCUT2D eigenvalue weighted by molar-refractivity contribution is -0.130. The molecule has 4 nitrogen and oxygen atoms in total. The Kier molecular flexibility index (Phi) is 7.18. The molecular formula is C35H34N2O2. The zero-order chi connectivity index (χ0) is 26.6. The van der Waals surface area contributed by atoms with Gasteiger partial charge in [-0.3, -0.25) is 4.79 Å². The Bertz CT molecular complexity index is 1560. The third-order valence-corrected chi connectivity index (χ3v) is 7.75. The molecule has 1 aromatic heterocycles. The van der Waals surface area contributed by atoms with E-state index in [1.54, 1.807) is 0 Å². The van der Waals surface area contributed by atoms with E-state index in [9.17, 15) is 4.79 Å². The molecule has 0 bridgehead atoms. The van der Waals surface area contributed by atoms with Crippen molar-refractivity contribution < 1.29 is 9.53 Å². The van der Waals surface area contributed by atoms with Gasteiger partial charge in [-0.2, -0.15) is 0 Å². The highest BCUT2D eigenvalue weighted by atomic mass is 16.5. The van der Waals surface area contributed by atoms with Gasteiger partial charge in [-0.1, -0.05) is 78.4 Å². The van der Waals surface area contributed by atoms with Gasteiger partial charge in [0.1, 0.15) is 11.5 Å². The van der Waals surface area contributed by atoms with E-state index >= 15 is 0 Å². The van der Waals surface area contributed by atoms with Crippen molar-refractivity contribution in [3.8, 4) is 11.5 Å². The summed E-state index contributed by atoms with van der Waals surface area (Å²) in [5.41, 5.74) is 5.98. The Labute approximate surface area is 230 Å². The second kappa shape index (κ2) is 11.2. The Hall–Kier alpha value is -4.31. The van der Waals surface area contributed by atoms with Gasteiger partial charge < -0.3 is 14.2 Å². The summed E-state index contributed by atoms with van der Waals surface area (Å²) in [7, 11) is 0. The molecule has 0 radical (unpaired) electrons. The SMILES string of the molecule is Cc1ccc(Cn2cc([C@H](CC(=O)N3CCCC3)c3cccc(Oc4ccccc4)c3)c3ccccc32)cc1. The number of carbonyl (C=O) groups excluding carboxylic acids is 1. The number of nitrogens with zero attached hydrogens (tertiary/aromatic N) is 2. The number of fused-ring (bicyclic) bond motifs is 1. The van der Waals surface area contributed by atoms with Gasteiger partial charge in [0.25, 0.3) is 0 Å². The van der Waals surface area contributed by atoms with Crippen molar-refractivity contribution in [2.75, 3.05) is 13.1 Å². The third-order valence-electron chi connectivity index (χ3n) is 7.75. The first-order valence-corrected chi connectivity index (χ1v) is 13.9. The van der Waals surface area contributed by atoms with Gasteiger partial charge in [-0.15, -0.1) is 0 Å². The third kappa shape index (κ3) is 5.61. The molecule has 0 unspecified atom stereocenters. The van der Waals surface area contributed by atoms with E-state index in [0.29, 0.717) is 6.42 Å². The highest BCUT2D eigenvalue weighted by Crippen LogP contribution is 2.37. The van der Waals surface area contributed by atoms with Gasteiger partial charge in [0.05, 0.1) is 0 Å². The number of hydrogen-bond acceptors (Lipinski definition) is 2. The van der Waals surface area contributed by atoms with Crippen LogP contribution in [0.25, 0.3) is 10.9 Å². The van der Waals surface area contributed by atoms with Crippen molar-refractivity contribution in [1.82, 2.24) is 9.47 Å². The first-order valence-electron chi connectivity index (χ1n) is 13.9. The minimum Gasteiger partial charge on any atom is -0.457 e. The molecule has 1 fully saturated rings. The molecule has 1 atom stereocenters. The predicted molar refractivity (Wildman–Crippen MR) is 157 cm³/mol. The minimum absolute atomic E-state index is 0.0819. The number of ether oxygens (including phenoxy) is 1. The first kappa shape index (κ1) is 25.0. The summed E-state index contributed by atoms with van der Waals surface area (Å²) in [5.74, 6) is 1.72. The molecule has 1 aliphatic heterocycles. The minimum atomic E-state index is -0.0819. The Balaban J connectivity index is 1.40. The Morgan fingerprint density at radius 1 is 0.821 bits per heavy atom. The number of benzene rings is 4. The molecule has 1 saturated heterocycles. The second-order valence-corrected chi connectivity index (χ2v) is 10.5. The number of hydrogen-bond donors (Lipinski definition) is 0. The molecular weight excluding hydrogens is 480 g/mol. The fourth-order valence-corrected chi connectivity index (χ4v) is 5.67. The van der Waals surface area contributed by atoms with E-state index in [1.807, 2.05) is 47.4 Å². The molecule has 2 heterocycles. The van der Waals surface area contributed by atoms with E-state index in [4.69, 9.17) is 4.74 Å². The highest BCUT2D eigenvalue weighted by Gasteiger charge is 2.27. The van der Waals surface area contributed by atoms with Crippen LogP contribution in [0.2, 0.25) is 0 Å². The number of aryl methyl sites for hydroxylation is 1. The van der Waals surface area contributed by atoms with Crippen LogP contribution in [0.4, 0.5) is 0 Å². The van der Waals surface area contributed by atoms with Crippen molar-refractivity contribution in [2.45, 2.75) is 38.6 Å². The maximum Gasteiger partial charge on any atom is 0.223 e. The predicted octanol–water partition coefficient (Wildman–Crippen LogP) is 7.93. The summed E-state index contributed by atoms with van der Waals surface area (Å²) in [6.45, 7) is 4.62. The van der Waals surface area contributed by atoms with Crippen LogP contribution < -0.4 is 4.74 Å². The summed E-state index contributed by atoms with van der Waals surface area (Å²) >= 11 is 0. The molecule has 196 valence electrons. The smallest absolute Gasteiger partial charge is 0.223 e. The number of amides is 1. The molecule has 1 aliphatic rings. The summed E-state index contributed by atoms with van der Waals surface area (Å²) in [4.78, 5) is 15.6. The fraction of sp³-hybridized carbons (Fsp3) is 0.229. The molecule has 6 rings (SSSR count). The van der Waals surface area contributed by atoms with Gasteiger partial charge in [-0.25, -0.2) is 0 Å². The lowest BCUT2D eigenvalue weighted by Crippen LogP contribution is -2.29. The topological polar surface area (TPSA) is 34.5 Å². The van der Waals surface area contributed by atoms with Crippen LogP contribution in [0.15, 0.2) is 109 Å². The number of rotatable bonds is 8. The summed E-state index contributed by atoms with van der Waals surface area (Å²) < 4.78 is 8.52. The second-order valence-electron chi connectivity index (χ2n) is 10.5. The number of aromatic nitrogens is 1. The molecule has 0 saturated carbocycles. The van der Waals surface area contributed by atoms with Crippen molar-refractivity contribution in [3.63, 3.8) is 0 Å². The van der Waals surface area contributed by atoms with Crippen LogP contribution in [0.5, 0.6) is 11.5 Å². The number of para-hydroxylation sites is 2. The average Bonchev–Trinajstić information content (AvgIpc) is 3.63. The molecule has 4 heteroatoms. The molecule has 5 aromatic rings. The largest absolute Gasteiger partial charge is 0.457 e. The lowest BCUT2D eigenvalue weighted by atomic mass is 9.87. The standard InChI is InChI=1S/C35H34N2O2/c1-26-16-18-27(19-17-26)24-37-25-33(31-14-5-6-15-34(31)37)32(23-35(38)36-20-7-8-21-36)28-10-9-13-30(22-28)39-29-11-3-2-4-12-29/h2-6,9-19,22,25,32H,7-8,20-21,23-24H2,1H3/t32-/m1/s1. The molecule has 0 aliphatic carbocycles. The summed E-state index contributed by atoms with van der Waals surface area (Å²) in [6.07, 6.45) is 4.88. The Morgan fingerprint density at radius 2 is 1.54 bits per heavy atom. The molecule has 1 amide bonds. The first-order chi connectivity index (χ1) is 19.1. The van der Waals surface area contributed by atoms with E-state index in [1.165, 1.54) is 27.6 Å². The lowest BCUT2D eigenvalue weighted by Gasteiger charge is -2.22. The van der Waals surface area contributed by atoms with Crippen molar-refractivity contribution in [3.05, 3.63) is 132 Å². The molecule has 4 aromatic carbocycles. The molecule has 39 heavy (non-hydrogen) atoms. The molecule has 0 spiro atoms. The van der Waals surface area contributed by atoms with E-state index in [-0.39, 0.29) is 11.8 Å². The quantitative estimate of drug-likeness (QED) is 0.211. The van der Waals surface area contributed by atoms with Crippen LogP contribution in [0.3, 0.4) is 0 Å². The van der Waals surface area contributed by atoms with Crippen molar-refractivity contribution >= 4 is 16.8 Å². The summed E-state index contributed by atoms with van der Waals surface area (Å²) in [6, 6.07) is 35.4. The highest BCUT2D eigenvalue weighted by molar-refractivity contribution is 5.87. The van der Waals surface area contributed by atoms with E-state index in [0.717, 1.165) is 49.5 Å². The van der Waals surface area contributed by atoms with Gasteiger partial charge in [0.2, 0.25) is 5.91 Å². The number of carbonyl (C=O) groups is 1. The maximum atomic E-state index is 13.5. The van der Waals surface area contributed by atoms with Gasteiger partial charge >= 0.3 is 0 Å². The van der Waals surface area contributed by atoms with Gasteiger partial charge in [0, 0.05) is 49.1 Å². The van der Waals surface area contributed by atoms with Crippen LogP contribution in [0, 0.1) is 6.92 Å². The fourth-order valence-electron chi connectivity index (χ4n) is 5.67. The van der Waals surface area contributed by atoms with Crippen LogP contribution in [-0.4, -0.2) is 28.5 Å². The van der Waals surface area contributed by atoms with Crippen LogP contribution in [-0.2, 0) is 11.3 Å². The Morgan fingerprint density at radius 3 is 2.33 bits per heavy atom. The normalized spacial score (nSPS) is 14.0.